The van der Waals surface area contributed by atoms with Crippen LogP contribution >= 0.6 is 0 Å². The van der Waals surface area contributed by atoms with E-state index in [9.17, 15) is 0 Å². The maximum Gasteiger partial charge on any atom is 0.172 e. The number of hydrogen-bond acceptors (Lipinski definition) is 3. The monoisotopic (exact) mass is 161 g/mol. The van der Waals surface area contributed by atoms with Crippen molar-refractivity contribution < 1.29 is 9.47 Å². The van der Waals surface area contributed by atoms with Gasteiger partial charge in [0.15, 0.2) is 6.29 Å². The summed E-state index contributed by atoms with van der Waals surface area (Å²) in [6, 6.07) is -0.00472. The minimum Gasteiger partial charge on any atom is -0.351 e. The first-order chi connectivity index (χ1) is 5.26. The maximum absolute atomic E-state index is 5.74. The van der Waals surface area contributed by atoms with Gasteiger partial charge in [-0.1, -0.05) is 6.92 Å². The van der Waals surface area contributed by atoms with E-state index in [2.05, 4.69) is 0 Å². The summed E-state index contributed by atoms with van der Waals surface area (Å²) in [5, 5.41) is 0. The summed E-state index contributed by atoms with van der Waals surface area (Å²) in [5.74, 6) is 0. The van der Waals surface area contributed by atoms with Crippen LogP contribution in [0.5, 0.6) is 0 Å². The van der Waals surface area contributed by atoms with Crippen LogP contribution in [0, 0.1) is 0 Å². The molecule has 0 rings (SSSR count). The van der Waals surface area contributed by atoms with Crippen molar-refractivity contribution in [3.05, 3.63) is 0 Å². The third kappa shape index (κ3) is 4.35. The molecular formula is C8H19NO2. The summed E-state index contributed by atoms with van der Waals surface area (Å²) in [6.07, 6.45) is 0.653. The van der Waals surface area contributed by atoms with Gasteiger partial charge in [-0.25, -0.2) is 0 Å². The highest BCUT2D eigenvalue weighted by atomic mass is 16.7. The summed E-state index contributed by atoms with van der Waals surface area (Å²) in [6.45, 7) is 7.20. The van der Waals surface area contributed by atoms with Crippen molar-refractivity contribution in [1.82, 2.24) is 0 Å². The van der Waals surface area contributed by atoms with Crippen molar-refractivity contribution in [3.63, 3.8) is 0 Å². The fourth-order valence-electron chi connectivity index (χ4n) is 0.816. The molecule has 0 aliphatic rings. The first-order valence-corrected chi connectivity index (χ1v) is 4.24. The van der Waals surface area contributed by atoms with Crippen LogP contribution in [-0.2, 0) is 9.47 Å². The van der Waals surface area contributed by atoms with Crippen LogP contribution in [0.3, 0.4) is 0 Å². The summed E-state index contributed by atoms with van der Waals surface area (Å²) in [7, 11) is 0. The summed E-state index contributed by atoms with van der Waals surface area (Å²) in [5.41, 5.74) is 5.74. The lowest BCUT2D eigenvalue weighted by Gasteiger charge is -2.21. The smallest absolute Gasteiger partial charge is 0.172 e. The summed E-state index contributed by atoms with van der Waals surface area (Å²) in [4.78, 5) is 0. The molecular weight excluding hydrogens is 142 g/mol. The SMILES string of the molecule is CCOC(OCC)C(N)CC. The fourth-order valence-corrected chi connectivity index (χ4v) is 0.816. The molecule has 3 nitrogen and oxygen atoms in total. The molecule has 1 atom stereocenters. The molecule has 0 aliphatic heterocycles. The van der Waals surface area contributed by atoms with Gasteiger partial charge in [-0.05, 0) is 20.3 Å². The van der Waals surface area contributed by atoms with Gasteiger partial charge in [0.2, 0.25) is 0 Å². The third-order valence-electron chi connectivity index (χ3n) is 1.48. The van der Waals surface area contributed by atoms with E-state index >= 15 is 0 Å². The predicted molar refractivity (Wildman–Crippen MR) is 45.3 cm³/mol. The van der Waals surface area contributed by atoms with E-state index < -0.39 is 0 Å². The quantitative estimate of drug-likeness (QED) is 0.594. The van der Waals surface area contributed by atoms with Crippen molar-refractivity contribution in [3.8, 4) is 0 Å². The van der Waals surface area contributed by atoms with Gasteiger partial charge in [-0.15, -0.1) is 0 Å². The van der Waals surface area contributed by atoms with E-state index in [1.165, 1.54) is 0 Å². The lowest BCUT2D eigenvalue weighted by atomic mass is 10.2. The van der Waals surface area contributed by atoms with Crippen LogP contribution in [0.15, 0.2) is 0 Å². The van der Waals surface area contributed by atoms with Gasteiger partial charge in [0.1, 0.15) is 0 Å². The van der Waals surface area contributed by atoms with Gasteiger partial charge in [-0.2, -0.15) is 0 Å². The van der Waals surface area contributed by atoms with Crippen molar-refractivity contribution in [2.75, 3.05) is 13.2 Å². The minimum absolute atomic E-state index is 0.00472. The van der Waals surface area contributed by atoms with E-state index in [0.717, 1.165) is 6.42 Å². The average Bonchev–Trinajstić information content (AvgIpc) is 2.03. The van der Waals surface area contributed by atoms with Crippen molar-refractivity contribution in [1.29, 1.82) is 0 Å². The molecule has 0 aromatic rings. The standard InChI is InChI=1S/C8H19NO2/c1-4-7(9)8(10-5-2)11-6-3/h7-8H,4-6,9H2,1-3H3. The molecule has 0 saturated carbocycles. The molecule has 0 aliphatic carbocycles. The lowest BCUT2D eigenvalue weighted by molar-refractivity contribution is -0.148. The minimum atomic E-state index is -0.227. The third-order valence-corrected chi connectivity index (χ3v) is 1.48. The fraction of sp³-hybridized carbons (Fsp3) is 1.00. The number of nitrogens with two attached hydrogens (primary N) is 1. The Hall–Kier alpha value is -0.120. The Kier molecular flexibility index (Phi) is 6.51. The van der Waals surface area contributed by atoms with Crippen molar-refractivity contribution in [2.24, 2.45) is 5.73 Å². The van der Waals surface area contributed by atoms with E-state index in [4.69, 9.17) is 15.2 Å². The second kappa shape index (κ2) is 6.58. The van der Waals surface area contributed by atoms with Gasteiger partial charge in [0, 0.05) is 13.2 Å². The predicted octanol–water partition coefficient (Wildman–Crippen LogP) is 1.12. The Balaban J connectivity index is 3.66. The molecule has 0 spiro atoms. The van der Waals surface area contributed by atoms with Gasteiger partial charge in [-0.3, -0.25) is 0 Å². The Bertz CT molecular complexity index is 82.2. The molecule has 0 amide bonds. The zero-order valence-corrected chi connectivity index (χ0v) is 7.67. The molecule has 2 N–H and O–H groups in total. The Morgan fingerprint density at radius 2 is 1.55 bits per heavy atom. The first kappa shape index (κ1) is 10.9. The highest BCUT2D eigenvalue weighted by Gasteiger charge is 2.15. The zero-order chi connectivity index (χ0) is 8.69. The van der Waals surface area contributed by atoms with E-state index in [-0.39, 0.29) is 12.3 Å². The molecule has 0 aromatic carbocycles. The van der Waals surface area contributed by atoms with Crippen LogP contribution in [0.2, 0.25) is 0 Å². The molecule has 11 heavy (non-hydrogen) atoms. The molecule has 0 heterocycles. The highest BCUT2D eigenvalue weighted by molar-refractivity contribution is 4.62. The van der Waals surface area contributed by atoms with Gasteiger partial charge in [0.25, 0.3) is 0 Å². The van der Waals surface area contributed by atoms with Crippen LogP contribution in [0.4, 0.5) is 0 Å². The second-order valence-corrected chi connectivity index (χ2v) is 2.35. The summed E-state index contributed by atoms with van der Waals surface area (Å²) >= 11 is 0. The van der Waals surface area contributed by atoms with Gasteiger partial charge >= 0.3 is 0 Å². The van der Waals surface area contributed by atoms with Gasteiger partial charge < -0.3 is 15.2 Å². The van der Waals surface area contributed by atoms with Crippen LogP contribution in [0.1, 0.15) is 27.2 Å². The Morgan fingerprint density at radius 1 is 1.09 bits per heavy atom. The normalized spacial score (nSPS) is 13.9. The molecule has 1 unspecified atom stereocenters. The largest absolute Gasteiger partial charge is 0.351 e. The topological polar surface area (TPSA) is 44.5 Å². The maximum atomic E-state index is 5.74. The molecule has 0 radical (unpaired) electrons. The molecule has 0 saturated heterocycles. The first-order valence-electron chi connectivity index (χ1n) is 4.24. The van der Waals surface area contributed by atoms with Crippen molar-refractivity contribution >= 4 is 0 Å². The van der Waals surface area contributed by atoms with Crippen LogP contribution in [-0.4, -0.2) is 25.5 Å². The van der Waals surface area contributed by atoms with Crippen LogP contribution in [0.25, 0.3) is 0 Å². The molecule has 0 fully saturated rings. The van der Waals surface area contributed by atoms with Gasteiger partial charge in [0.05, 0.1) is 6.04 Å². The van der Waals surface area contributed by atoms with E-state index in [0.29, 0.717) is 13.2 Å². The highest BCUT2D eigenvalue weighted by Crippen LogP contribution is 2.02. The molecule has 3 heteroatoms. The average molecular weight is 161 g/mol. The summed E-state index contributed by atoms with van der Waals surface area (Å²) < 4.78 is 10.6. The molecule has 68 valence electrons. The number of hydrogen-bond donors (Lipinski definition) is 1. The Labute approximate surface area is 68.9 Å². The van der Waals surface area contributed by atoms with E-state index in [1.54, 1.807) is 0 Å². The Morgan fingerprint density at radius 3 is 1.82 bits per heavy atom. The zero-order valence-electron chi connectivity index (χ0n) is 7.67. The molecule has 0 aromatic heterocycles. The van der Waals surface area contributed by atoms with Crippen LogP contribution < -0.4 is 5.73 Å². The lowest BCUT2D eigenvalue weighted by Crippen LogP contribution is -2.38. The second-order valence-electron chi connectivity index (χ2n) is 2.35. The van der Waals surface area contributed by atoms with Crippen molar-refractivity contribution in [2.45, 2.75) is 39.5 Å². The number of rotatable bonds is 6. The number of ether oxygens (including phenoxy) is 2. The van der Waals surface area contributed by atoms with E-state index in [1.807, 2.05) is 20.8 Å². The molecule has 0 bridgehead atoms.